The molecule has 2 bridgehead atoms. The molecule has 2 rings (SSSR count). The van der Waals surface area contributed by atoms with Crippen LogP contribution in [0.2, 0.25) is 0 Å². The van der Waals surface area contributed by atoms with Crippen LogP contribution in [0.5, 0.6) is 0 Å². The van der Waals surface area contributed by atoms with E-state index in [2.05, 4.69) is 4.90 Å². The molecule has 0 spiro atoms. The van der Waals surface area contributed by atoms with E-state index in [1.807, 2.05) is 13.8 Å². The Balaban J connectivity index is 1.89. The highest BCUT2D eigenvalue weighted by Gasteiger charge is 2.40. The number of hydrogen-bond acceptors (Lipinski definition) is 3. The van der Waals surface area contributed by atoms with Crippen LogP contribution in [-0.2, 0) is 0 Å². The Morgan fingerprint density at radius 1 is 1.20 bits per heavy atom. The standard InChI is InChI=1S/C12H23NO2/c1-12(2,15)5-6-13-9-3-4-10(13)8-11(14)7-9/h9-11,14-15H,3-8H2,1-2H3. The van der Waals surface area contributed by atoms with Crippen molar-refractivity contribution in [3.63, 3.8) is 0 Å². The van der Waals surface area contributed by atoms with E-state index in [1.54, 1.807) is 0 Å². The average molecular weight is 213 g/mol. The van der Waals surface area contributed by atoms with Crippen LogP contribution in [-0.4, -0.2) is 45.4 Å². The van der Waals surface area contributed by atoms with Gasteiger partial charge in [-0.15, -0.1) is 0 Å². The Morgan fingerprint density at radius 2 is 1.73 bits per heavy atom. The van der Waals surface area contributed by atoms with Gasteiger partial charge in [-0.25, -0.2) is 0 Å². The molecule has 0 aromatic carbocycles. The van der Waals surface area contributed by atoms with Gasteiger partial charge in [0.1, 0.15) is 0 Å². The van der Waals surface area contributed by atoms with E-state index in [-0.39, 0.29) is 6.10 Å². The van der Waals surface area contributed by atoms with Gasteiger partial charge in [-0.2, -0.15) is 0 Å². The molecule has 3 heteroatoms. The first kappa shape index (κ1) is 11.4. The van der Waals surface area contributed by atoms with E-state index >= 15 is 0 Å². The van der Waals surface area contributed by atoms with Crippen molar-refractivity contribution in [3.8, 4) is 0 Å². The Hall–Kier alpha value is -0.120. The van der Waals surface area contributed by atoms with Gasteiger partial charge in [0, 0.05) is 18.6 Å². The number of rotatable bonds is 3. The molecule has 2 N–H and O–H groups in total. The summed E-state index contributed by atoms with van der Waals surface area (Å²) in [5.41, 5.74) is -0.560. The molecular formula is C12H23NO2. The lowest BCUT2D eigenvalue weighted by Gasteiger charge is -2.38. The summed E-state index contributed by atoms with van der Waals surface area (Å²) in [6.07, 6.45) is 5.07. The van der Waals surface area contributed by atoms with Gasteiger partial charge in [0.2, 0.25) is 0 Å². The van der Waals surface area contributed by atoms with E-state index in [9.17, 15) is 10.2 Å². The van der Waals surface area contributed by atoms with Gasteiger partial charge >= 0.3 is 0 Å². The minimum Gasteiger partial charge on any atom is -0.393 e. The van der Waals surface area contributed by atoms with Crippen LogP contribution in [0.4, 0.5) is 0 Å². The van der Waals surface area contributed by atoms with Gasteiger partial charge in [-0.3, -0.25) is 4.90 Å². The van der Waals surface area contributed by atoms with Crippen LogP contribution < -0.4 is 0 Å². The zero-order valence-corrected chi connectivity index (χ0v) is 9.82. The largest absolute Gasteiger partial charge is 0.393 e. The zero-order valence-electron chi connectivity index (χ0n) is 9.82. The quantitative estimate of drug-likeness (QED) is 0.739. The van der Waals surface area contributed by atoms with Crippen molar-refractivity contribution in [1.82, 2.24) is 4.90 Å². The summed E-state index contributed by atoms with van der Waals surface area (Å²) in [5, 5.41) is 19.4. The van der Waals surface area contributed by atoms with E-state index in [1.165, 1.54) is 12.8 Å². The van der Waals surface area contributed by atoms with Gasteiger partial charge in [0.05, 0.1) is 11.7 Å². The number of hydrogen-bond donors (Lipinski definition) is 2. The molecule has 88 valence electrons. The molecule has 2 atom stereocenters. The molecule has 0 aromatic rings. The fraction of sp³-hybridized carbons (Fsp3) is 1.00. The molecule has 0 radical (unpaired) electrons. The van der Waals surface area contributed by atoms with E-state index in [4.69, 9.17) is 0 Å². The molecule has 0 aliphatic carbocycles. The minimum atomic E-state index is -0.560. The van der Waals surface area contributed by atoms with Crippen molar-refractivity contribution in [3.05, 3.63) is 0 Å². The van der Waals surface area contributed by atoms with E-state index in [0.29, 0.717) is 12.1 Å². The second kappa shape index (κ2) is 4.04. The predicted octanol–water partition coefficient (Wildman–Crippen LogP) is 1.14. The van der Waals surface area contributed by atoms with Gasteiger partial charge in [0.15, 0.2) is 0 Å². The molecule has 15 heavy (non-hydrogen) atoms. The highest BCUT2D eigenvalue weighted by molar-refractivity contribution is 4.95. The highest BCUT2D eigenvalue weighted by Crippen LogP contribution is 2.36. The lowest BCUT2D eigenvalue weighted by molar-refractivity contribution is 0.0105. The maximum Gasteiger partial charge on any atom is 0.0603 e. The van der Waals surface area contributed by atoms with Crippen molar-refractivity contribution < 1.29 is 10.2 Å². The monoisotopic (exact) mass is 213 g/mol. The molecule has 3 nitrogen and oxygen atoms in total. The topological polar surface area (TPSA) is 43.7 Å². The molecule has 2 fully saturated rings. The van der Waals surface area contributed by atoms with E-state index < -0.39 is 5.60 Å². The van der Waals surface area contributed by atoms with Crippen LogP contribution in [0.15, 0.2) is 0 Å². The predicted molar refractivity (Wildman–Crippen MR) is 59.7 cm³/mol. The summed E-state index contributed by atoms with van der Waals surface area (Å²) in [6.45, 7) is 4.72. The minimum absolute atomic E-state index is 0.0825. The summed E-state index contributed by atoms with van der Waals surface area (Å²) in [4.78, 5) is 2.50. The molecule has 0 amide bonds. The van der Waals surface area contributed by atoms with Crippen molar-refractivity contribution in [2.75, 3.05) is 6.54 Å². The molecule has 2 unspecified atom stereocenters. The highest BCUT2D eigenvalue weighted by atomic mass is 16.3. The fourth-order valence-corrected chi connectivity index (χ4v) is 3.01. The van der Waals surface area contributed by atoms with Crippen LogP contribution in [0.25, 0.3) is 0 Å². The number of aliphatic hydroxyl groups excluding tert-OH is 1. The van der Waals surface area contributed by atoms with Crippen LogP contribution >= 0.6 is 0 Å². The number of piperidine rings is 1. The summed E-state index contributed by atoms with van der Waals surface area (Å²) in [6, 6.07) is 1.14. The summed E-state index contributed by atoms with van der Waals surface area (Å²) in [7, 11) is 0. The smallest absolute Gasteiger partial charge is 0.0603 e. The summed E-state index contributed by atoms with van der Waals surface area (Å²) < 4.78 is 0. The molecule has 2 heterocycles. The van der Waals surface area contributed by atoms with Gasteiger partial charge in [-0.05, 0) is 46.0 Å². The third-order valence-electron chi connectivity index (χ3n) is 3.84. The number of aliphatic hydroxyl groups is 2. The SMILES string of the molecule is CC(C)(O)CCN1C2CCC1CC(O)C2. The lowest BCUT2D eigenvalue weighted by Crippen LogP contribution is -2.46. The first-order valence-corrected chi connectivity index (χ1v) is 6.12. The van der Waals surface area contributed by atoms with Crippen molar-refractivity contribution in [2.24, 2.45) is 0 Å². The van der Waals surface area contributed by atoms with Crippen molar-refractivity contribution >= 4 is 0 Å². The average Bonchev–Trinajstić information content (AvgIpc) is 2.33. The third kappa shape index (κ3) is 2.71. The van der Waals surface area contributed by atoms with Crippen LogP contribution in [0.3, 0.4) is 0 Å². The fourth-order valence-electron chi connectivity index (χ4n) is 3.01. The van der Waals surface area contributed by atoms with Crippen molar-refractivity contribution in [1.29, 1.82) is 0 Å². The normalized spacial score (nSPS) is 37.2. The van der Waals surface area contributed by atoms with Crippen LogP contribution in [0, 0.1) is 0 Å². The number of nitrogens with zero attached hydrogens (tertiary/aromatic N) is 1. The first-order chi connectivity index (χ1) is 6.96. The molecule has 2 saturated heterocycles. The summed E-state index contributed by atoms with van der Waals surface area (Å²) in [5.74, 6) is 0. The zero-order chi connectivity index (χ0) is 11.1. The molecular weight excluding hydrogens is 190 g/mol. The van der Waals surface area contributed by atoms with Gasteiger partial charge in [0.25, 0.3) is 0 Å². The Labute approximate surface area is 92.1 Å². The third-order valence-corrected chi connectivity index (χ3v) is 3.84. The second-order valence-electron chi connectivity index (χ2n) is 5.81. The second-order valence-corrected chi connectivity index (χ2v) is 5.81. The number of fused-ring (bicyclic) bond motifs is 2. The van der Waals surface area contributed by atoms with Gasteiger partial charge in [-0.1, -0.05) is 0 Å². The van der Waals surface area contributed by atoms with Gasteiger partial charge < -0.3 is 10.2 Å². The maximum atomic E-state index is 9.72. The lowest BCUT2D eigenvalue weighted by atomic mass is 9.98. The molecule has 2 aliphatic rings. The maximum absolute atomic E-state index is 9.72. The Kier molecular flexibility index (Phi) is 3.06. The van der Waals surface area contributed by atoms with E-state index in [0.717, 1.165) is 25.8 Å². The van der Waals surface area contributed by atoms with Crippen LogP contribution in [0.1, 0.15) is 46.0 Å². The Bertz CT molecular complexity index is 210. The first-order valence-electron chi connectivity index (χ1n) is 6.12. The molecule has 2 aliphatic heterocycles. The molecule has 0 aromatic heterocycles. The Morgan fingerprint density at radius 3 is 2.20 bits per heavy atom. The summed E-state index contributed by atoms with van der Waals surface area (Å²) >= 11 is 0. The van der Waals surface area contributed by atoms with Crippen molar-refractivity contribution in [2.45, 2.75) is 69.7 Å². The molecule has 0 saturated carbocycles.